The summed E-state index contributed by atoms with van der Waals surface area (Å²) in [6.07, 6.45) is 4.17. The molecule has 4 aliphatic rings. The molecule has 3 aromatic rings. The number of fused-ring (bicyclic) bond motifs is 1. The van der Waals surface area contributed by atoms with Gasteiger partial charge in [-0.05, 0) is 67.0 Å². The minimum absolute atomic E-state index is 0.0182. The van der Waals surface area contributed by atoms with Crippen molar-refractivity contribution in [2.45, 2.75) is 31.6 Å². The van der Waals surface area contributed by atoms with Gasteiger partial charge in [-0.3, -0.25) is 18.8 Å². The van der Waals surface area contributed by atoms with Crippen LogP contribution in [-0.4, -0.2) is 77.0 Å². The van der Waals surface area contributed by atoms with E-state index in [-0.39, 0.29) is 17.4 Å². The maximum atomic E-state index is 13.6. The molecule has 2 fully saturated rings. The Kier molecular flexibility index (Phi) is 6.24. The van der Waals surface area contributed by atoms with E-state index < -0.39 is 0 Å². The van der Waals surface area contributed by atoms with Crippen molar-refractivity contribution in [2.24, 2.45) is 5.92 Å². The monoisotopic (exact) mass is 546 g/mol. The Labute approximate surface area is 229 Å². The average Bonchev–Trinajstić information content (AvgIpc) is 3.49. The number of aromatic amines is 1. The fraction of sp³-hybridized carbons (Fsp3) is 0.448. The van der Waals surface area contributed by atoms with E-state index in [2.05, 4.69) is 4.37 Å². The smallest absolute Gasteiger partial charge is 0.265 e. The highest BCUT2D eigenvalue weighted by molar-refractivity contribution is 7.13. The molecule has 2 amide bonds. The van der Waals surface area contributed by atoms with Crippen molar-refractivity contribution in [3.63, 3.8) is 0 Å². The topological polar surface area (TPSA) is 105 Å². The van der Waals surface area contributed by atoms with E-state index >= 15 is 0 Å². The molecule has 0 radical (unpaired) electrons. The molecule has 202 valence electrons. The third-order valence-electron chi connectivity index (χ3n) is 8.20. The van der Waals surface area contributed by atoms with Crippen LogP contribution in [0, 0.1) is 5.92 Å². The summed E-state index contributed by atoms with van der Waals surface area (Å²) in [7, 11) is 0. The van der Waals surface area contributed by atoms with E-state index in [4.69, 9.17) is 14.5 Å². The first kappa shape index (κ1) is 24.5. The molecule has 2 aromatic heterocycles. The molecule has 5 heterocycles. The van der Waals surface area contributed by atoms with Crippen LogP contribution in [0.1, 0.15) is 58.0 Å². The highest BCUT2D eigenvalue weighted by Crippen LogP contribution is 2.40. The van der Waals surface area contributed by atoms with Crippen LogP contribution >= 0.6 is 11.5 Å². The second-order valence-electron chi connectivity index (χ2n) is 11.0. The SMILES string of the molecule is O=C(c1cc(OCC2CCOCC2)nc(C2CC2)c1)N1CC2=C(C1)CN(C(=O)c1ccc3c(=O)[nH]sc3c1)C2. The summed E-state index contributed by atoms with van der Waals surface area (Å²) in [5, 5.41) is 0.603. The second-order valence-corrected chi connectivity index (χ2v) is 11.9. The Balaban J connectivity index is 1.01. The molecule has 0 bridgehead atoms. The Bertz CT molecular complexity index is 1530. The van der Waals surface area contributed by atoms with Gasteiger partial charge in [0.25, 0.3) is 17.4 Å². The number of benzene rings is 1. The van der Waals surface area contributed by atoms with Crippen molar-refractivity contribution < 1.29 is 19.1 Å². The van der Waals surface area contributed by atoms with Gasteiger partial charge in [0, 0.05) is 68.2 Å². The minimum Gasteiger partial charge on any atom is -0.477 e. The van der Waals surface area contributed by atoms with Crippen LogP contribution < -0.4 is 10.3 Å². The summed E-state index contributed by atoms with van der Waals surface area (Å²) >= 11 is 1.24. The number of ether oxygens (including phenoxy) is 2. The van der Waals surface area contributed by atoms with Gasteiger partial charge in [-0.1, -0.05) is 11.5 Å². The van der Waals surface area contributed by atoms with Gasteiger partial charge >= 0.3 is 0 Å². The Morgan fingerprint density at radius 2 is 1.64 bits per heavy atom. The van der Waals surface area contributed by atoms with Crippen LogP contribution in [0.3, 0.4) is 0 Å². The number of carbonyl (C=O) groups excluding carboxylic acids is 2. The van der Waals surface area contributed by atoms with Crippen molar-refractivity contribution in [3.05, 3.63) is 68.7 Å². The van der Waals surface area contributed by atoms with Crippen molar-refractivity contribution in [1.29, 1.82) is 0 Å². The molecule has 1 aliphatic carbocycles. The van der Waals surface area contributed by atoms with Gasteiger partial charge in [-0.15, -0.1) is 0 Å². The number of nitrogens with zero attached hydrogens (tertiary/aromatic N) is 3. The molecular weight excluding hydrogens is 516 g/mol. The van der Waals surface area contributed by atoms with Crippen LogP contribution in [0.25, 0.3) is 10.1 Å². The van der Waals surface area contributed by atoms with Crippen LogP contribution in [0.4, 0.5) is 0 Å². The quantitative estimate of drug-likeness (QED) is 0.474. The normalized spacial score (nSPS) is 19.7. The summed E-state index contributed by atoms with van der Waals surface area (Å²) in [5.41, 5.74) is 4.29. The Hall–Kier alpha value is -3.50. The highest BCUT2D eigenvalue weighted by atomic mass is 32.1. The summed E-state index contributed by atoms with van der Waals surface area (Å²) in [6, 6.07) is 8.93. The second kappa shape index (κ2) is 9.91. The lowest BCUT2D eigenvalue weighted by atomic mass is 10.0. The van der Waals surface area contributed by atoms with Crippen LogP contribution in [0.2, 0.25) is 0 Å². The van der Waals surface area contributed by atoms with Gasteiger partial charge in [0.15, 0.2) is 0 Å². The van der Waals surface area contributed by atoms with Crippen molar-refractivity contribution in [3.8, 4) is 5.88 Å². The molecule has 1 saturated carbocycles. The van der Waals surface area contributed by atoms with Gasteiger partial charge in [-0.25, -0.2) is 4.98 Å². The van der Waals surface area contributed by atoms with Crippen molar-refractivity contribution in [2.75, 3.05) is 46.0 Å². The molecule has 0 atom stereocenters. The van der Waals surface area contributed by atoms with Gasteiger partial charge in [0.1, 0.15) is 0 Å². The molecule has 1 saturated heterocycles. The lowest BCUT2D eigenvalue weighted by Crippen LogP contribution is -2.36. The molecule has 3 aliphatic heterocycles. The largest absolute Gasteiger partial charge is 0.477 e. The van der Waals surface area contributed by atoms with Crippen molar-refractivity contribution >= 4 is 33.4 Å². The molecule has 7 rings (SSSR count). The zero-order valence-electron chi connectivity index (χ0n) is 21.6. The molecule has 39 heavy (non-hydrogen) atoms. The first-order valence-electron chi connectivity index (χ1n) is 13.6. The van der Waals surface area contributed by atoms with Crippen molar-refractivity contribution in [1.82, 2.24) is 19.2 Å². The third kappa shape index (κ3) is 4.87. The van der Waals surface area contributed by atoms with Gasteiger partial charge in [0.05, 0.1) is 16.7 Å². The summed E-state index contributed by atoms with van der Waals surface area (Å²) in [5.74, 6) is 1.33. The summed E-state index contributed by atoms with van der Waals surface area (Å²) in [4.78, 5) is 47.0. The average molecular weight is 547 g/mol. The summed E-state index contributed by atoms with van der Waals surface area (Å²) < 4.78 is 15.0. The number of amides is 2. The molecule has 0 unspecified atom stereocenters. The maximum Gasteiger partial charge on any atom is 0.265 e. The van der Waals surface area contributed by atoms with E-state index in [9.17, 15) is 14.4 Å². The lowest BCUT2D eigenvalue weighted by Gasteiger charge is -2.24. The lowest BCUT2D eigenvalue weighted by molar-refractivity contribution is 0.0490. The molecule has 1 N–H and O–H groups in total. The number of nitrogens with one attached hydrogen (secondary N) is 1. The Morgan fingerprint density at radius 1 is 0.949 bits per heavy atom. The molecular formula is C29H30N4O5S. The van der Waals surface area contributed by atoms with E-state index in [0.29, 0.717) is 67.0 Å². The third-order valence-corrected chi connectivity index (χ3v) is 9.05. The number of hydrogen-bond donors (Lipinski definition) is 1. The number of hydrogen-bond acceptors (Lipinski definition) is 7. The molecule has 0 spiro atoms. The van der Waals surface area contributed by atoms with Gasteiger partial charge in [0.2, 0.25) is 5.88 Å². The fourth-order valence-corrected chi connectivity index (χ4v) is 6.51. The predicted molar refractivity (Wildman–Crippen MR) is 147 cm³/mol. The first-order valence-corrected chi connectivity index (χ1v) is 14.5. The first-order chi connectivity index (χ1) is 19.0. The van der Waals surface area contributed by atoms with Crippen LogP contribution in [0.15, 0.2) is 46.3 Å². The zero-order chi connectivity index (χ0) is 26.5. The van der Waals surface area contributed by atoms with E-state index in [1.807, 2.05) is 15.9 Å². The van der Waals surface area contributed by atoms with Crippen LogP contribution in [-0.2, 0) is 4.74 Å². The van der Waals surface area contributed by atoms with Crippen LogP contribution in [0.5, 0.6) is 5.88 Å². The number of pyridine rings is 1. The summed E-state index contributed by atoms with van der Waals surface area (Å²) in [6.45, 7) is 4.22. The molecule has 10 heteroatoms. The Morgan fingerprint density at radius 3 is 2.33 bits per heavy atom. The maximum absolute atomic E-state index is 13.6. The predicted octanol–water partition coefficient (Wildman–Crippen LogP) is 3.58. The van der Waals surface area contributed by atoms with E-state index in [1.54, 1.807) is 24.3 Å². The fourth-order valence-electron chi connectivity index (χ4n) is 5.74. The standard InChI is InChI=1S/C29H30N4O5S/c34-27-23-4-3-19(10-25(23)39-31-27)28(35)32-12-21-14-33(15-22(21)13-32)29(36)20-9-24(18-1-2-18)30-26(11-20)38-16-17-5-7-37-8-6-17/h3-4,9-11,17-18H,1-2,5-8,12-16H2,(H,31,34). The highest BCUT2D eigenvalue weighted by Gasteiger charge is 2.35. The van der Waals surface area contributed by atoms with E-state index in [0.717, 1.165) is 60.4 Å². The molecule has 9 nitrogen and oxygen atoms in total. The minimum atomic E-state index is -0.128. The number of rotatable bonds is 6. The number of aromatic nitrogens is 2. The van der Waals surface area contributed by atoms with Gasteiger partial charge < -0.3 is 19.3 Å². The number of carbonyl (C=O) groups is 2. The zero-order valence-corrected chi connectivity index (χ0v) is 22.4. The number of H-pyrrole nitrogens is 1. The van der Waals surface area contributed by atoms with E-state index in [1.165, 1.54) is 11.5 Å². The van der Waals surface area contributed by atoms with Gasteiger partial charge in [-0.2, -0.15) is 0 Å². The molecule has 1 aromatic carbocycles.